The van der Waals surface area contributed by atoms with Crippen LogP contribution in [0.1, 0.15) is 79.0 Å². The van der Waals surface area contributed by atoms with Crippen LogP contribution >= 0.6 is 0 Å². The monoisotopic (exact) mass is 998 g/mol. The molecule has 3 heterocycles. The Morgan fingerprint density at radius 3 is 1.57 bits per heavy atom. The largest absolute Gasteiger partial charge is 0.457 e. The number of hydrogen-bond donors (Lipinski definition) is 0. The van der Waals surface area contributed by atoms with Crippen LogP contribution in [0.5, 0.6) is 11.5 Å². The van der Waals surface area contributed by atoms with Crippen LogP contribution < -0.4 is 14.5 Å². The fourth-order valence-corrected chi connectivity index (χ4v) is 10.4. The van der Waals surface area contributed by atoms with E-state index in [4.69, 9.17) is 9.72 Å². The molecular formula is C66H58F4N4O. The number of aromatic nitrogens is 2. The van der Waals surface area contributed by atoms with Gasteiger partial charge in [0.05, 0.1) is 28.1 Å². The first-order chi connectivity index (χ1) is 35.7. The van der Waals surface area contributed by atoms with Gasteiger partial charge < -0.3 is 14.5 Å². The SMILES string of the molecule is CC(C)(C)c1cc(-c2cc(Oc3ccc4c5ccccc5n(-c5cc(C(C)(C)C)ccn5)c4c3)cc(N3CN(c4c(-c5cc(F)cc(F)c5)cccc4-c4cc(F)cc(F)c4)c4ccccc43)c2)cc(C(C)(C)C)c1. The standard InChI is InChI=1S/C66H58F4N4O/c1-64(2,3)44-23-24-71-62(34-44)74-58-18-11-10-15-56(58)57-22-21-52(38-61(57)74)75-53-32-41(40-25-45(65(4,5)6)33-46(26-40)66(7,8)9)31-51(37-53)72-39-73(60-20-13-12-19-59(60)72)63-54(42-27-47(67)35-48(68)28-42)16-14-17-55(63)43-29-49(69)36-50(70)30-43/h10-38H,39H2,1-9H3. The lowest BCUT2D eigenvalue weighted by molar-refractivity contribution is 0.483. The second-order valence-electron chi connectivity index (χ2n) is 22.8. The minimum Gasteiger partial charge on any atom is -0.457 e. The van der Waals surface area contributed by atoms with Gasteiger partial charge >= 0.3 is 0 Å². The lowest BCUT2D eigenvalue weighted by Crippen LogP contribution is -2.25. The van der Waals surface area contributed by atoms with Crippen LogP contribution in [-0.2, 0) is 16.2 Å². The molecular weight excluding hydrogens is 941 g/mol. The zero-order chi connectivity index (χ0) is 52.7. The smallest absolute Gasteiger partial charge is 0.137 e. The maximum atomic E-state index is 15.1. The summed E-state index contributed by atoms with van der Waals surface area (Å²) in [6.45, 7) is 20.2. The first kappa shape index (κ1) is 49.1. The van der Waals surface area contributed by atoms with E-state index in [-0.39, 0.29) is 34.0 Å². The van der Waals surface area contributed by atoms with E-state index in [9.17, 15) is 0 Å². The third-order valence-electron chi connectivity index (χ3n) is 14.3. The lowest BCUT2D eigenvalue weighted by Gasteiger charge is -2.28. The van der Waals surface area contributed by atoms with Gasteiger partial charge in [-0.2, -0.15) is 0 Å². The van der Waals surface area contributed by atoms with Gasteiger partial charge in [0, 0.05) is 58.0 Å². The third-order valence-corrected chi connectivity index (χ3v) is 14.3. The highest BCUT2D eigenvalue weighted by Gasteiger charge is 2.33. The van der Waals surface area contributed by atoms with Crippen molar-refractivity contribution in [3.05, 3.63) is 216 Å². The van der Waals surface area contributed by atoms with Crippen molar-refractivity contribution in [3.63, 3.8) is 0 Å². The fourth-order valence-electron chi connectivity index (χ4n) is 10.4. The Balaban J connectivity index is 1.10. The summed E-state index contributed by atoms with van der Waals surface area (Å²) in [5.74, 6) is -0.946. The predicted molar refractivity (Wildman–Crippen MR) is 299 cm³/mol. The highest BCUT2D eigenvalue weighted by atomic mass is 19.1. The number of anilines is 4. The molecule has 11 rings (SSSR count). The molecule has 376 valence electrons. The van der Waals surface area contributed by atoms with E-state index < -0.39 is 23.3 Å². The first-order valence-electron chi connectivity index (χ1n) is 25.4. The quantitative estimate of drug-likeness (QED) is 0.142. The first-order valence-corrected chi connectivity index (χ1v) is 25.4. The summed E-state index contributed by atoms with van der Waals surface area (Å²) < 4.78 is 69.8. The Bertz CT molecular complexity index is 3730. The van der Waals surface area contributed by atoms with Gasteiger partial charge in [-0.3, -0.25) is 4.57 Å². The summed E-state index contributed by atoms with van der Waals surface area (Å²) in [6.07, 6.45) is 1.88. The Kier molecular flexibility index (Phi) is 12.0. The van der Waals surface area contributed by atoms with E-state index in [0.717, 1.165) is 67.9 Å². The second-order valence-corrected chi connectivity index (χ2v) is 22.8. The average Bonchev–Trinajstić information content (AvgIpc) is 3.95. The molecule has 0 saturated carbocycles. The molecule has 10 aromatic rings. The molecule has 0 saturated heterocycles. The van der Waals surface area contributed by atoms with Crippen molar-refractivity contribution >= 4 is 44.6 Å². The summed E-state index contributed by atoms with van der Waals surface area (Å²) in [5.41, 5.74) is 11.6. The molecule has 1 aliphatic heterocycles. The molecule has 0 radical (unpaired) electrons. The van der Waals surface area contributed by atoms with Crippen LogP contribution in [0.15, 0.2) is 176 Å². The van der Waals surface area contributed by atoms with E-state index >= 15 is 17.6 Å². The van der Waals surface area contributed by atoms with Crippen molar-refractivity contribution in [2.45, 2.75) is 78.6 Å². The van der Waals surface area contributed by atoms with Crippen molar-refractivity contribution in [2.24, 2.45) is 0 Å². The third kappa shape index (κ3) is 9.41. The fraction of sp³-hybridized carbons (Fsp3) is 0.197. The minimum atomic E-state index is -0.747. The molecule has 0 atom stereocenters. The number of para-hydroxylation sites is 4. The Morgan fingerprint density at radius 2 is 0.973 bits per heavy atom. The van der Waals surface area contributed by atoms with Crippen LogP contribution in [0.25, 0.3) is 61.0 Å². The maximum absolute atomic E-state index is 15.1. The number of pyridine rings is 1. The normalized spacial score (nSPS) is 13.0. The van der Waals surface area contributed by atoms with Crippen molar-refractivity contribution in [1.82, 2.24) is 9.55 Å². The molecule has 75 heavy (non-hydrogen) atoms. The molecule has 0 fully saturated rings. The van der Waals surface area contributed by atoms with Crippen molar-refractivity contribution in [1.29, 1.82) is 0 Å². The van der Waals surface area contributed by atoms with Crippen molar-refractivity contribution < 1.29 is 22.3 Å². The molecule has 8 aromatic carbocycles. The van der Waals surface area contributed by atoms with Crippen LogP contribution in [0.3, 0.4) is 0 Å². The number of halogens is 4. The van der Waals surface area contributed by atoms with Crippen LogP contribution in [0, 0.1) is 23.3 Å². The summed E-state index contributed by atoms with van der Waals surface area (Å²) in [6, 6.07) is 51.9. The Labute approximate surface area is 436 Å². The summed E-state index contributed by atoms with van der Waals surface area (Å²) in [7, 11) is 0. The summed E-state index contributed by atoms with van der Waals surface area (Å²) in [4.78, 5) is 9.14. The minimum absolute atomic E-state index is 0.0898. The van der Waals surface area contributed by atoms with Crippen molar-refractivity contribution in [2.75, 3.05) is 16.5 Å². The van der Waals surface area contributed by atoms with Gasteiger partial charge in [0.1, 0.15) is 47.3 Å². The Morgan fingerprint density at radius 1 is 0.427 bits per heavy atom. The van der Waals surface area contributed by atoms with Gasteiger partial charge in [0.15, 0.2) is 0 Å². The molecule has 0 N–H and O–H groups in total. The highest BCUT2D eigenvalue weighted by molar-refractivity contribution is 6.09. The zero-order valence-corrected chi connectivity index (χ0v) is 43.7. The zero-order valence-electron chi connectivity index (χ0n) is 43.7. The van der Waals surface area contributed by atoms with Crippen LogP contribution in [-0.4, -0.2) is 16.2 Å². The van der Waals surface area contributed by atoms with Gasteiger partial charge in [0.2, 0.25) is 0 Å². The van der Waals surface area contributed by atoms with Gasteiger partial charge in [-0.15, -0.1) is 0 Å². The molecule has 0 unspecified atom stereocenters. The molecule has 9 heteroatoms. The number of hydrogen-bond acceptors (Lipinski definition) is 4. The molecule has 5 nitrogen and oxygen atoms in total. The second kappa shape index (κ2) is 18.3. The van der Waals surface area contributed by atoms with E-state index in [1.54, 1.807) is 18.2 Å². The summed E-state index contributed by atoms with van der Waals surface area (Å²) in [5, 5.41) is 2.17. The number of ether oxygens (including phenoxy) is 1. The predicted octanol–water partition coefficient (Wildman–Crippen LogP) is 18.7. The Hall–Kier alpha value is -8.17. The number of benzene rings is 8. The molecule has 0 aliphatic carbocycles. The van der Waals surface area contributed by atoms with E-state index in [0.29, 0.717) is 28.3 Å². The van der Waals surface area contributed by atoms with Gasteiger partial charge in [0.25, 0.3) is 0 Å². The summed E-state index contributed by atoms with van der Waals surface area (Å²) >= 11 is 0. The topological polar surface area (TPSA) is 33.5 Å². The van der Waals surface area contributed by atoms with Crippen LogP contribution in [0.4, 0.5) is 40.3 Å². The maximum Gasteiger partial charge on any atom is 0.137 e. The molecule has 1 aliphatic rings. The van der Waals surface area contributed by atoms with E-state index in [2.05, 4.69) is 151 Å². The lowest BCUT2D eigenvalue weighted by atomic mass is 9.79. The van der Waals surface area contributed by atoms with Gasteiger partial charge in [-0.25, -0.2) is 22.5 Å². The van der Waals surface area contributed by atoms with Crippen molar-refractivity contribution in [3.8, 4) is 50.7 Å². The molecule has 0 amide bonds. The van der Waals surface area contributed by atoms with E-state index in [1.165, 1.54) is 41.0 Å². The number of nitrogens with zero attached hydrogens (tertiary/aromatic N) is 4. The van der Waals surface area contributed by atoms with E-state index in [1.807, 2.05) is 47.5 Å². The molecule has 2 aromatic heterocycles. The molecule has 0 bridgehead atoms. The van der Waals surface area contributed by atoms with Crippen LogP contribution in [0.2, 0.25) is 0 Å². The van der Waals surface area contributed by atoms with Gasteiger partial charge in [-0.05, 0) is 134 Å². The number of fused-ring (bicyclic) bond motifs is 4. The number of rotatable bonds is 8. The molecule has 0 spiro atoms. The highest BCUT2D eigenvalue weighted by Crippen LogP contribution is 2.51. The average molecular weight is 999 g/mol. The van der Waals surface area contributed by atoms with Gasteiger partial charge in [-0.1, -0.05) is 129 Å².